The quantitative estimate of drug-likeness (QED) is 0.831. The molecule has 0 aromatic rings. The summed E-state index contributed by atoms with van der Waals surface area (Å²) >= 11 is 0. The molecule has 3 unspecified atom stereocenters. The molecule has 0 radical (unpaired) electrons. The summed E-state index contributed by atoms with van der Waals surface area (Å²) < 4.78 is 23.6. The van der Waals surface area contributed by atoms with Crippen LogP contribution in [0.25, 0.3) is 0 Å². The van der Waals surface area contributed by atoms with Crippen LogP contribution in [0.1, 0.15) is 40.0 Å². The Bertz CT molecular complexity index is 410. The average Bonchev–Trinajstić information content (AvgIpc) is 2.60. The zero-order valence-electron chi connectivity index (χ0n) is 12.5. The Kier molecular flexibility index (Phi) is 4.58. The molecule has 0 bridgehead atoms. The highest BCUT2D eigenvalue weighted by molar-refractivity contribution is 7.91. The zero-order chi connectivity index (χ0) is 14.1. The van der Waals surface area contributed by atoms with Gasteiger partial charge < -0.3 is 5.32 Å². The fraction of sp³-hybridized carbons (Fsp3) is 1.00. The summed E-state index contributed by atoms with van der Waals surface area (Å²) in [6, 6.07) is 0.576. The molecule has 0 aromatic carbocycles. The molecule has 2 saturated heterocycles. The first-order valence-electron chi connectivity index (χ1n) is 7.53. The van der Waals surface area contributed by atoms with Gasteiger partial charge in [-0.05, 0) is 38.6 Å². The minimum Gasteiger partial charge on any atom is -0.314 e. The summed E-state index contributed by atoms with van der Waals surface area (Å²) in [5.74, 6) is 1.29. The number of hydrogen-bond donors (Lipinski definition) is 1. The van der Waals surface area contributed by atoms with Crippen molar-refractivity contribution in [2.75, 3.05) is 31.1 Å². The van der Waals surface area contributed by atoms with Crippen LogP contribution in [-0.4, -0.2) is 56.0 Å². The monoisotopic (exact) mass is 288 g/mol. The normalized spacial score (nSPS) is 40.8. The standard InChI is InChI=1S/C14H28N2O2S/c1-4-13-5-7-16(10-12(2)9-15-13)14(3)6-8-19(17,18)11-14/h12-13,15H,4-11H2,1-3H3. The van der Waals surface area contributed by atoms with Crippen LogP contribution >= 0.6 is 0 Å². The van der Waals surface area contributed by atoms with Crippen molar-refractivity contribution < 1.29 is 8.42 Å². The maximum absolute atomic E-state index is 11.8. The summed E-state index contributed by atoms with van der Waals surface area (Å²) in [5, 5.41) is 3.62. The number of hydrogen-bond acceptors (Lipinski definition) is 4. The van der Waals surface area contributed by atoms with E-state index in [-0.39, 0.29) is 5.54 Å². The molecule has 3 atom stereocenters. The molecule has 2 fully saturated rings. The highest BCUT2D eigenvalue weighted by atomic mass is 32.2. The van der Waals surface area contributed by atoms with E-state index >= 15 is 0 Å². The van der Waals surface area contributed by atoms with Crippen LogP contribution in [0.3, 0.4) is 0 Å². The lowest BCUT2D eigenvalue weighted by atomic mass is 9.95. The van der Waals surface area contributed by atoms with Crippen LogP contribution in [0.4, 0.5) is 0 Å². The topological polar surface area (TPSA) is 49.4 Å². The fourth-order valence-corrected chi connectivity index (χ4v) is 5.56. The highest BCUT2D eigenvalue weighted by Gasteiger charge is 2.43. The number of rotatable bonds is 2. The first-order chi connectivity index (χ1) is 8.85. The molecule has 1 N–H and O–H groups in total. The van der Waals surface area contributed by atoms with E-state index in [2.05, 4.69) is 31.0 Å². The molecule has 0 spiro atoms. The van der Waals surface area contributed by atoms with Gasteiger partial charge in [-0.3, -0.25) is 4.90 Å². The van der Waals surface area contributed by atoms with Gasteiger partial charge in [-0.1, -0.05) is 13.8 Å². The Labute approximate surface area is 117 Å². The van der Waals surface area contributed by atoms with Gasteiger partial charge in [0.05, 0.1) is 11.5 Å². The summed E-state index contributed by atoms with van der Waals surface area (Å²) in [4.78, 5) is 2.45. The van der Waals surface area contributed by atoms with E-state index in [0.29, 0.717) is 23.5 Å². The van der Waals surface area contributed by atoms with E-state index in [9.17, 15) is 8.42 Å². The van der Waals surface area contributed by atoms with Gasteiger partial charge in [0.2, 0.25) is 0 Å². The number of sulfone groups is 1. The second kappa shape index (κ2) is 5.70. The Balaban J connectivity index is 2.09. The summed E-state index contributed by atoms with van der Waals surface area (Å²) in [5.41, 5.74) is -0.136. The molecule has 2 aliphatic rings. The predicted molar refractivity (Wildman–Crippen MR) is 79.1 cm³/mol. The summed E-state index contributed by atoms with van der Waals surface area (Å²) in [6.07, 6.45) is 3.07. The lowest BCUT2D eigenvalue weighted by Gasteiger charge is -2.41. The smallest absolute Gasteiger partial charge is 0.152 e. The van der Waals surface area contributed by atoms with E-state index in [1.54, 1.807) is 0 Å². The van der Waals surface area contributed by atoms with Crippen molar-refractivity contribution in [1.29, 1.82) is 0 Å². The third-order valence-corrected chi connectivity index (χ3v) is 6.66. The van der Waals surface area contributed by atoms with Crippen molar-refractivity contribution in [2.24, 2.45) is 5.92 Å². The SMILES string of the molecule is CCC1CCN(C2(C)CCS(=O)(=O)C2)CC(C)CN1. The second-order valence-corrected chi connectivity index (χ2v) is 8.88. The molecule has 2 heterocycles. The van der Waals surface area contributed by atoms with E-state index < -0.39 is 9.84 Å². The van der Waals surface area contributed by atoms with Crippen LogP contribution in [0.15, 0.2) is 0 Å². The van der Waals surface area contributed by atoms with Gasteiger partial charge in [0, 0.05) is 24.7 Å². The molecule has 4 nitrogen and oxygen atoms in total. The summed E-state index contributed by atoms with van der Waals surface area (Å²) in [6.45, 7) is 9.68. The number of nitrogens with zero attached hydrogens (tertiary/aromatic N) is 1. The minimum atomic E-state index is -2.82. The largest absolute Gasteiger partial charge is 0.314 e. The molecule has 112 valence electrons. The van der Waals surface area contributed by atoms with Gasteiger partial charge in [0.1, 0.15) is 0 Å². The van der Waals surface area contributed by atoms with Gasteiger partial charge in [0.25, 0.3) is 0 Å². The van der Waals surface area contributed by atoms with Crippen molar-refractivity contribution in [1.82, 2.24) is 10.2 Å². The lowest BCUT2D eigenvalue weighted by Crippen LogP contribution is -2.53. The molecular weight excluding hydrogens is 260 g/mol. The molecule has 2 aliphatic heterocycles. The molecule has 0 amide bonds. The maximum Gasteiger partial charge on any atom is 0.152 e. The van der Waals surface area contributed by atoms with Gasteiger partial charge in [-0.2, -0.15) is 0 Å². The van der Waals surface area contributed by atoms with E-state index in [0.717, 1.165) is 38.9 Å². The van der Waals surface area contributed by atoms with Crippen molar-refractivity contribution in [2.45, 2.75) is 51.6 Å². The van der Waals surface area contributed by atoms with Crippen LogP contribution < -0.4 is 5.32 Å². The van der Waals surface area contributed by atoms with Gasteiger partial charge in [0.15, 0.2) is 9.84 Å². The minimum absolute atomic E-state index is 0.136. The third-order valence-electron chi connectivity index (χ3n) is 4.77. The summed E-state index contributed by atoms with van der Waals surface area (Å²) in [7, 11) is -2.82. The second-order valence-electron chi connectivity index (χ2n) is 6.69. The van der Waals surface area contributed by atoms with Crippen molar-refractivity contribution in [3.63, 3.8) is 0 Å². The average molecular weight is 288 g/mol. The Hall–Kier alpha value is -0.130. The van der Waals surface area contributed by atoms with Gasteiger partial charge >= 0.3 is 0 Å². The fourth-order valence-electron chi connectivity index (χ4n) is 3.40. The van der Waals surface area contributed by atoms with Crippen LogP contribution in [-0.2, 0) is 9.84 Å². The van der Waals surface area contributed by atoms with E-state index in [4.69, 9.17) is 0 Å². The Morgan fingerprint density at radius 3 is 2.74 bits per heavy atom. The Morgan fingerprint density at radius 2 is 2.16 bits per heavy atom. The maximum atomic E-state index is 11.8. The molecule has 0 aliphatic carbocycles. The van der Waals surface area contributed by atoms with Crippen LogP contribution in [0.2, 0.25) is 0 Å². The van der Waals surface area contributed by atoms with Crippen molar-refractivity contribution >= 4 is 9.84 Å². The predicted octanol–water partition coefficient (Wildman–Crippen LogP) is 1.27. The number of nitrogens with one attached hydrogen (secondary N) is 1. The van der Waals surface area contributed by atoms with Gasteiger partial charge in [-0.25, -0.2) is 8.42 Å². The molecule has 0 aromatic heterocycles. The molecule has 2 rings (SSSR count). The third kappa shape index (κ3) is 3.70. The zero-order valence-corrected chi connectivity index (χ0v) is 13.3. The van der Waals surface area contributed by atoms with Crippen molar-refractivity contribution in [3.05, 3.63) is 0 Å². The van der Waals surface area contributed by atoms with Gasteiger partial charge in [-0.15, -0.1) is 0 Å². The molecule has 0 saturated carbocycles. The lowest BCUT2D eigenvalue weighted by molar-refractivity contribution is 0.0895. The molecule has 19 heavy (non-hydrogen) atoms. The van der Waals surface area contributed by atoms with Crippen LogP contribution in [0, 0.1) is 5.92 Å². The highest BCUT2D eigenvalue weighted by Crippen LogP contribution is 2.31. The molecule has 5 heteroatoms. The first kappa shape index (κ1) is 15.3. The molecular formula is C14H28N2O2S. The van der Waals surface area contributed by atoms with E-state index in [1.165, 1.54) is 0 Å². The van der Waals surface area contributed by atoms with Crippen molar-refractivity contribution in [3.8, 4) is 0 Å². The van der Waals surface area contributed by atoms with E-state index in [1.807, 2.05) is 0 Å². The van der Waals surface area contributed by atoms with Crippen LogP contribution in [0.5, 0.6) is 0 Å². The first-order valence-corrected chi connectivity index (χ1v) is 9.35. The Morgan fingerprint density at radius 1 is 1.42 bits per heavy atom.